The van der Waals surface area contributed by atoms with Gasteiger partial charge in [0.1, 0.15) is 34.7 Å². The molecule has 5 aromatic rings. The Hall–Kier alpha value is -4.77. The molecule has 40 heavy (non-hydrogen) atoms. The Kier molecular flexibility index (Phi) is 6.87. The molecule has 0 bridgehead atoms. The van der Waals surface area contributed by atoms with Crippen LogP contribution in [0.1, 0.15) is 6.42 Å². The molecule has 0 atom stereocenters. The molecule has 1 aliphatic heterocycles. The second-order valence-electron chi connectivity index (χ2n) is 9.37. The molecule has 0 radical (unpaired) electrons. The Labute approximate surface area is 235 Å². The molecule has 0 unspecified atom stereocenters. The summed E-state index contributed by atoms with van der Waals surface area (Å²) < 4.78 is 7.82. The molecule has 0 aliphatic carbocycles. The van der Waals surface area contributed by atoms with E-state index in [9.17, 15) is 4.79 Å². The molecule has 1 aliphatic rings. The standard InChI is InChI=1S/C28H26ClN9O2/c1-3-25(39)38-10-4-9-37(11-12-38)24-8-6-21-26(35-24)27(32-16-31-21)34-18-5-7-23(20(29)13-18)40-19-14-22-28(30-15-19)36(2)17-33-22/h3,5-8,13-17H,1,4,9-12H2,2H3,(H,31,32,34). The largest absolute Gasteiger partial charge is 0.454 e. The Morgan fingerprint density at radius 2 is 1.95 bits per heavy atom. The van der Waals surface area contributed by atoms with Gasteiger partial charge < -0.3 is 24.4 Å². The monoisotopic (exact) mass is 555 g/mol. The first-order chi connectivity index (χ1) is 19.5. The first-order valence-electron chi connectivity index (χ1n) is 12.8. The molecule has 1 aromatic carbocycles. The van der Waals surface area contributed by atoms with Crippen LogP contribution in [0.25, 0.3) is 22.2 Å². The van der Waals surface area contributed by atoms with Gasteiger partial charge in [-0.2, -0.15) is 0 Å². The minimum absolute atomic E-state index is 0.0470. The summed E-state index contributed by atoms with van der Waals surface area (Å²) in [6.07, 6.45) is 7.05. The number of hydrogen-bond acceptors (Lipinski definition) is 9. The van der Waals surface area contributed by atoms with E-state index in [-0.39, 0.29) is 5.91 Å². The average molecular weight is 556 g/mol. The summed E-state index contributed by atoms with van der Waals surface area (Å²) in [5.41, 5.74) is 3.57. The van der Waals surface area contributed by atoms with Crippen molar-refractivity contribution in [1.29, 1.82) is 0 Å². The number of hydrogen-bond donors (Lipinski definition) is 1. The summed E-state index contributed by atoms with van der Waals surface area (Å²) in [6.45, 7) is 6.37. The van der Waals surface area contributed by atoms with Crippen LogP contribution in [0.3, 0.4) is 0 Å². The third-order valence-corrected chi connectivity index (χ3v) is 7.02. The van der Waals surface area contributed by atoms with E-state index in [1.165, 1.54) is 12.4 Å². The SMILES string of the molecule is C=CC(=O)N1CCCN(c2ccc3ncnc(Nc4ccc(Oc5cnc6c(c5)ncn6C)c(Cl)c4)c3n2)CC1. The topological polar surface area (TPSA) is 114 Å². The van der Waals surface area contributed by atoms with Crippen LogP contribution >= 0.6 is 11.6 Å². The Morgan fingerprint density at radius 3 is 2.80 bits per heavy atom. The lowest BCUT2D eigenvalue weighted by molar-refractivity contribution is -0.125. The van der Waals surface area contributed by atoms with Gasteiger partial charge in [0.2, 0.25) is 5.91 Å². The average Bonchev–Trinajstić information content (AvgIpc) is 3.16. The molecule has 4 aromatic heterocycles. The third-order valence-electron chi connectivity index (χ3n) is 6.72. The molecular formula is C28H26ClN9O2. The van der Waals surface area contributed by atoms with E-state index in [0.29, 0.717) is 53.0 Å². The molecule has 1 N–H and O–H groups in total. The number of anilines is 3. The molecule has 1 fully saturated rings. The van der Waals surface area contributed by atoms with E-state index in [4.69, 9.17) is 21.3 Å². The highest BCUT2D eigenvalue weighted by atomic mass is 35.5. The van der Waals surface area contributed by atoms with Crippen molar-refractivity contribution in [3.8, 4) is 11.5 Å². The molecule has 1 saturated heterocycles. The van der Waals surface area contributed by atoms with Crippen molar-refractivity contribution in [1.82, 2.24) is 34.4 Å². The number of aryl methyl sites for hydroxylation is 1. The van der Waals surface area contributed by atoms with Crippen molar-refractivity contribution >= 4 is 57.0 Å². The highest BCUT2D eigenvalue weighted by Crippen LogP contribution is 2.34. The van der Waals surface area contributed by atoms with Crippen molar-refractivity contribution in [2.75, 3.05) is 36.4 Å². The fraction of sp³-hybridized carbons (Fsp3) is 0.214. The van der Waals surface area contributed by atoms with Gasteiger partial charge in [0.25, 0.3) is 0 Å². The van der Waals surface area contributed by atoms with Crippen molar-refractivity contribution in [2.45, 2.75) is 6.42 Å². The van der Waals surface area contributed by atoms with Gasteiger partial charge in [-0.25, -0.2) is 24.9 Å². The number of fused-ring (bicyclic) bond motifs is 2. The first-order valence-corrected chi connectivity index (χ1v) is 13.2. The minimum atomic E-state index is -0.0470. The third kappa shape index (κ3) is 5.10. The number of amides is 1. The Morgan fingerprint density at radius 1 is 1.05 bits per heavy atom. The zero-order valence-electron chi connectivity index (χ0n) is 21.8. The lowest BCUT2D eigenvalue weighted by atomic mass is 10.2. The molecule has 0 saturated carbocycles. The van der Waals surface area contributed by atoms with Gasteiger partial charge in [-0.1, -0.05) is 18.2 Å². The molecule has 202 valence electrons. The van der Waals surface area contributed by atoms with Gasteiger partial charge >= 0.3 is 0 Å². The van der Waals surface area contributed by atoms with Crippen LogP contribution in [0.2, 0.25) is 5.02 Å². The minimum Gasteiger partial charge on any atom is -0.454 e. The highest BCUT2D eigenvalue weighted by molar-refractivity contribution is 6.32. The van der Waals surface area contributed by atoms with E-state index in [1.807, 2.05) is 40.8 Å². The van der Waals surface area contributed by atoms with Crippen LogP contribution in [0.4, 0.5) is 17.3 Å². The number of pyridine rings is 2. The maximum absolute atomic E-state index is 12.1. The molecule has 11 nitrogen and oxygen atoms in total. The molecule has 0 spiro atoms. The summed E-state index contributed by atoms with van der Waals surface area (Å²) in [6, 6.07) is 11.1. The first kappa shape index (κ1) is 25.5. The van der Waals surface area contributed by atoms with Gasteiger partial charge in [-0.05, 0) is 42.8 Å². The van der Waals surface area contributed by atoms with E-state index >= 15 is 0 Å². The van der Waals surface area contributed by atoms with Crippen molar-refractivity contribution < 1.29 is 9.53 Å². The second-order valence-corrected chi connectivity index (χ2v) is 9.78. The number of imidazole rings is 1. The quantitative estimate of drug-likeness (QED) is 0.297. The number of halogens is 1. The van der Waals surface area contributed by atoms with E-state index in [0.717, 1.165) is 35.6 Å². The zero-order valence-corrected chi connectivity index (χ0v) is 22.5. The summed E-state index contributed by atoms with van der Waals surface area (Å²) in [7, 11) is 1.89. The van der Waals surface area contributed by atoms with Gasteiger partial charge in [-0.15, -0.1) is 0 Å². The van der Waals surface area contributed by atoms with Gasteiger partial charge in [0.15, 0.2) is 11.5 Å². The Bertz CT molecular complexity index is 1740. The number of benzene rings is 1. The summed E-state index contributed by atoms with van der Waals surface area (Å²) >= 11 is 6.58. The van der Waals surface area contributed by atoms with Crippen LogP contribution in [-0.2, 0) is 11.8 Å². The fourth-order valence-electron chi connectivity index (χ4n) is 4.67. The lowest BCUT2D eigenvalue weighted by Crippen LogP contribution is -2.34. The van der Waals surface area contributed by atoms with Crippen molar-refractivity contribution in [3.05, 3.63) is 72.9 Å². The smallest absolute Gasteiger partial charge is 0.246 e. The van der Waals surface area contributed by atoms with Gasteiger partial charge in [0.05, 0.1) is 23.1 Å². The zero-order chi connectivity index (χ0) is 27.6. The number of carbonyl (C=O) groups excluding carboxylic acids is 1. The maximum atomic E-state index is 12.1. The Balaban J connectivity index is 1.21. The van der Waals surface area contributed by atoms with Crippen LogP contribution in [-0.4, -0.2) is 66.5 Å². The predicted molar refractivity (Wildman–Crippen MR) is 154 cm³/mol. The van der Waals surface area contributed by atoms with E-state index in [1.54, 1.807) is 24.7 Å². The number of aromatic nitrogens is 6. The van der Waals surface area contributed by atoms with Crippen molar-refractivity contribution in [3.63, 3.8) is 0 Å². The maximum Gasteiger partial charge on any atom is 0.246 e. The van der Waals surface area contributed by atoms with E-state index in [2.05, 4.69) is 36.7 Å². The summed E-state index contributed by atoms with van der Waals surface area (Å²) in [5.74, 6) is 2.34. The number of ether oxygens (including phenoxy) is 1. The molecule has 1 amide bonds. The number of nitrogens with zero attached hydrogens (tertiary/aromatic N) is 8. The predicted octanol–water partition coefficient (Wildman–Crippen LogP) is 4.72. The van der Waals surface area contributed by atoms with Gasteiger partial charge in [-0.3, -0.25) is 4.79 Å². The van der Waals surface area contributed by atoms with Gasteiger partial charge in [0, 0.05) is 45.0 Å². The summed E-state index contributed by atoms with van der Waals surface area (Å²) in [5, 5.41) is 3.73. The lowest BCUT2D eigenvalue weighted by Gasteiger charge is -2.22. The molecule has 12 heteroatoms. The highest BCUT2D eigenvalue weighted by Gasteiger charge is 2.19. The van der Waals surface area contributed by atoms with Crippen LogP contribution in [0.15, 0.2) is 67.9 Å². The normalized spacial score (nSPS) is 13.8. The number of rotatable bonds is 6. The van der Waals surface area contributed by atoms with Crippen LogP contribution in [0.5, 0.6) is 11.5 Å². The number of nitrogens with one attached hydrogen (secondary N) is 1. The van der Waals surface area contributed by atoms with Crippen molar-refractivity contribution in [2.24, 2.45) is 7.05 Å². The van der Waals surface area contributed by atoms with Crippen LogP contribution < -0.4 is 15.0 Å². The molecule has 5 heterocycles. The fourth-order valence-corrected chi connectivity index (χ4v) is 4.89. The van der Waals surface area contributed by atoms with Crippen LogP contribution in [0, 0.1) is 0 Å². The number of carbonyl (C=O) groups is 1. The summed E-state index contributed by atoms with van der Waals surface area (Å²) in [4.78, 5) is 38.5. The van der Waals surface area contributed by atoms with E-state index < -0.39 is 0 Å². The second kappa shape index (κ2) is 10.8. The molecule has 6 rings (SSSR count). The molecular weight excluding hydrogens is 530 g/mol.